The molecule has 2 aliphatic heterocycles. The van der Waals surface area contributed by atoms with Crippen molar-refractivity contribution in [2.75, 3.05) is 50.4 Å². The molecule has 2 fully saturated rings. The second kappa shape index (κ2) is 10.1. The van der Waals surface area contributed by atoms with Crippen LogP contribution in [0.2, 0.25) is 5.02 Å². The summed E-state index contributed by atoms with van der Waals surface area (Å²) in [6.07, 6.45) is 1.73. The van der Waals surface area contributed by atoms with Gasteiger partial charge in [-0.2, -0.15) is 0 Å². The van der Waals surface area contributed by atoms with Gasteiger partial charge in [0.05, 0.1) is 5.75 Å². The zero-order valence-electron chi connectivity index (χ0n) is 15.4. The zero-order valence-corrected chi connectivity index (χ0v) is 19.3. The summed E-state index contributed by atoms with van der Waals surface area (Å²) in [6, 6.07) is 8.18. The first-order valence-corrected chi connectivity index (χ1v) is 10.9. The lowest BCUT2D eigenvalue weighted by Crippen LogP contribution is -2.46. The predicted molar refractivity (Wildman–Crippen MR) is 122 cm³/mol. The summed E-state index contributed by atoms with van der Waals surface area (Å²) in [5.41, 5.74) is 1.13. The van der Waals surface area contributed by atoms with Gasteiger partial charge in [-0.25, -0.2) is 12.7 Å². The standard InChI is InChI=1S/C17H26ClN5O2S.HI/c1-19-17(20-7-10-23-8-3-11-26(23,24)25)21-15-6-9-22(13-15)16-5-2-4-14(18)12-16;/h2,4-5,12,15H,3,6-11,13H2,1H3,(H2,19,20,21);1H. The quantitative estimate of drug-likeness (QED) is 0.347. The normalized spacial score (nSPS) is 22.5. The van der Waals surface area contributed by atoms with Gasteiger partial charge in [0.15, 0.2) is 5.96 Å². The van der Waals surface area contributed by atoms with Crippen LogP contribution in [0.15, 0.2) is 29.3 Å². The molecular formula is C17H27ClIN5O2S. The third kappa shape index (κ3) is 6.10. The third-order valence-electron chi connectivity index (χ3n) is 4.78. The van der Waals surface area contributed by atoms with Crippen molar-refractivity contribution >= 4 is 57.2 Å². The summed E-state index contributed by atoms with van der Waals surface area (Å²) in [6.45, 7) is 3.47. The fraction of sp³-hybridized carbons (Fsp3) is 0.588. The van der Waals surface area contributed by atoms with Crippen LogP contribution in [0.25, 0.3) is 0 Å². The monoisotopic (exact) mass is 527 g/mol. The predicted octanol–water partition coefficient (Wildman–Crippen LogP) is 1.74. The number of hydrogen-bond acceptors (Lipinski definition) is 4. The highest BCUT2D eigenvalue weighted by Crippen LogP contribution is 2.23. The van der Waals surface area contributed by atoms with Crippen molar-refractivity contribution in [3.05, 3.63) is 29.3 Å². The van der Waals surface area contributed by atoms with E-state index in [1.54, 1.807) is 11.4 Å². The van der Waals surface area contributed by atoms with E-state index in [0.29, 0.717) is 25.6 Å². The Bertz CT molecular complexity index is 761. The number of nitrogens with zero attached hydrogens (tertiary/aromatic N) is 3. The number of sulfonamides is 1. The number of hydrogen-bond donors (Lipinski definition) is 2. The molecule has 1 aromatic carbocycles. The average Bonchev–Trinajstić information content (AvgIpc) is 3.20. The number of anilines is 1. The summed E-state index contributed by atoms with van der Waals surface area (Å²) in [7, 11) is -1.31. The SMILES string of the molecule is CN=C(NCCN1CCCS1(=O)=O)NC1CCN(c2cccc(Cl)c2)C1.I. The number of aliphatic imine (C=N–C) groups is 1. The Morgan fingerprint density at radius 3 is 2.85 bits per heavy atom. The van der Waals surface area contributed by atoms with Crippen LogP contribution in [0.5, 0.6) is 0 Å². The van der Waals surface area contributed by atoms with Gasteiger partial charge in [-0.15, -0.1) is 24.0 Å². The summed E-state index contributed by atoms with van der Waals surface area (Å²) in [5, 5.41) is 7.38. The topological polar surface area (TPSA) is 77.0 Å². The number of rotatable bonds is 5. The third-order valence-corrected chi connectivity index (χ3v) is 6.97. The van der Waals surface area contributed by atoms with E-state index in [4.69, 9.17) is 11.6 Å². The number of nitrogens with one attached hydrogen (secondary N) is 2. The molecule has 2 heterocycles. The molecular weight excluding hydrogens is 501 g/mol. The van der Waals surface area contributed by atoms with E-state index < -0.39 is 10.0 Å². The van der Waals surface area contributed by atoms with E-state index in [2.05, 4.69) is 26.6 Å². The first-order valence-electron chi connectivity index (χ1n) is 8.93. The van der Waals surface area contributed by atoms with Crippen LogP contribution in [0.3, 0.4) is 0 Å². The van der Waals surface area contributed by atoms with Crippen molar-refractivity contribution in [3.63, 3.8) is 0 Å². The van der Waals surface area contributed by atoms with Gasteiger partial charge in [0.1, 0.15) is 0 Å². The molecule has 0 aliphatic carbocycles. The lowest BCUT2D eigenvalue weighted by atomic mass is 10.3. The second-order valence-corrected chi connectivity index (χ2v) is 9.15. The van der Waals surface area contributed by atoms with Crippen molar-refractivity contribution in [1.82, 2.24) is 14.9 Å². The highest BCUT2D eigenvalue weighted by molar-refractivity contribution is 14.0. The first-order chi connectivity index (χ1) is 12.5. The van der Waals surface area contributed by atoms with Gasteiger partial charge in [-0.05, 0) is 31.0 Å². The maximum atomic E-state index is 11.8. The maximum absolute atomic E-state index is 11.8. The molecule has 3 rings (SSSR count). The van der Waals surface area contributed by atoms with Crippen LogP contribution in [-0.4, -0.2) is 70.2 Å². The molecule has 0 amide bonds. The van der Waals surface area contributed by atoms with Crippen LogP contribution < -0.4 is 15.5 Å². The highest BCUT2D eigenvalue weighted by Gasteiger charge is 2.28. The molecule has 0 spiro atoms. The number of guanidine groups is 1. The average molecular weight is 528 g/mol. The summed E-state index contributed by atoms with van der Waals surface area (Å²) < 4.78 is 25.2. The molecule has 0 bridgehead atoms. The molecule has 10 heteroatoms. The van der Waals surface area contributed by atoms with Gasteiger partial charge >= 0.3 is 0 Å². The van der Waals surface area contributed by atoms with Gasteiger partial charge in [-0.1, -0.05) is 17.7 Å². The Balaban J connectivity index is 0.00000261. The number of halogens is 2. The van der Waals surface area contributed by atoms with Gasteiger partial charge in [0.2, 0.25) is 10.0 Å². The maximum Gasteiger partial charge on any atom is 0.214 e. The summed E-state index contributed by atoms with van der Waals surface area (Å²) >= 11 is 6.08. The van der Waals surface area contributed by atoms with Crippen molar-refractivity contribution in [2.45, 2.75) is 18.9 Å². The minimum atomic E-state index is -3.04. The Labute approximate surface area is 183 Å². The van der Waals surface area contributed by atoms with Crippen molar-refractivity contribution in [1.29, 1.82) is 0 Å². The van der Waals surface area contributed by atoms with Gasteiger partial charge in [0.25, 0.3) is 0 Å². The molecule has 2 aliphatic rings. The van der Waals surface area contributed by atoms with E-state index in [-0.39, 0.29) is 35.8 Å². The Morgan fingerprint density at radius 1 is 1.37 bits per heavy atom. The molecule has 27 heavy (non-hydrogen) atoms. The van der Waals surface area contributed by atoms with Gasteiger partial charge in [-0.3, -0.25) is 4.99 Å². The van der Waals surface area contributed by atoms with Crippen molar-refractivity contribution in [2.24, 2.45) is 4.99 Å². The first kappa shape index (κ1) is 22.5. The fourth-order valence-corrected chi connectivity index (χ4v) is 5.13. The molecule has 0 radical (unpaired) electrons. The molecule has 152 valence electrons. The van der Waals surface area contributed by atoms with Crippen LogP contribution in [0.1, 0.15) is 12.8 Å². The summed E-state index contributed by atoms with van der Waals surface area (Å²) in [4.78, 5) is 6.55. The molecule has 0 saturated carbocycles. The molecule has 1 aromatic rings. The minimum absolute atomic E-state index is 0. The molecule has 2 saturated heterocycles. The minimum Gasteiger partial charge on any atom is -0.369 e. The van der Waals surface area contributed by atoms with Crippen LogP contribution in [-0.2, 0) is 10.0 Å². The zero-order chi connectivity index (χ0) is 18.6. The van der Waals surface area contributed by atoms with Crippen LogP contribution in [0, 0.1) is 0 Å². The Hall–Kier alpha value is -0.780. The second-order valence-electron chi connectivity index (χ2n) is 6.62. The largest absolute Gasteiger partial charge is 0.369 e. The molecule has 0 aromatic heterocycles. The lowest BCUT2D eigenvalue weighted by molar-refractivity contribution is 0.444. The fourth-order valence-electron chi connectivity index (χ4n) is 3.41. The van der Waals surface area contributed by atoms with Crippen LogP contribution >= 0.6 is 35.6 Å². The van der Waals surface area contributed by atoms with E-state index in [0.717, 1.165) is 36.6 Å². The Kier molecular flexibility index (Phi) is 8.44. The van der Waals surface area contributed by atoms with E-state index >= 15 is 0 Å². The lowest BCUT2D eigenvalue weighted by Gasteiger charge is -2.21. The van der Waals surface area contributed by atoms with E-state index in [9.17, 15) is 8.42 Å². The van der Waals surface area contributed by atoms with E-state index in [1.165, 1.54) is 0 Å². The van der Waals surface area contributed by atoms with Gasteiger partial charge < -0.3 is 15.5 Å². The molecule has 1 unspecified atom stereocenters. The summed E-state index contributed by atoms with van der Waals surface area (Å²) in [5.74, 6) is 0.973. The van der Waals surface area contributed by atoms with Crippen LogP contribution in [0.4, 0.5) is 5.69 Å². The molecule has 7 nitrogen and oxygen atoms in total. The highest BCUT2D eigenvalue weighted by atomic mass is 127. The smallest absolute Gasteiger partial charge is 0.214 e. The van der Waals surface area contributed by atoms with Crippen molar-refractivity contribution < 1.29 is 8.42 Å². The Morgan fingerprint density at radius 2 is 2.19 bits per heavy atom. The van der Waals surface area contributed by atoms with Crippen molar-refractivity contribution in [3.8, 4) is 0 Å². The van der Waals surface area contributed by atoms with Gasteiger partial charge in [0, 0.05) is 56.5 Å². The molecule has 1 atom stereocenters. The molecule has 2 N–H and O–H groups in total. The van der Waals surface area contributed by atoms with E-state index in [1.807, 2.05) is 18.2 Å². The number of benzene rings is 1.